The van der Waals surface area contributed by atoms with E-state index in [4.69, 9.17) is 11.6 Å². The van der Waals surface area contributed by atoms with Gasteiger partial charge in [0.05, 0.1) is 15.8 Å². The van der Waals surface area contributed by atoms with Crippen LogP contribution in [0.15, 0.2) is 29.2 Å². The SMILES string of the molecule is O=C(CCl)Nc1ccccc1S(=O)(=O)C1CCCC1. The Bertz CT molecular complexity index is 565. The third-order valence-electron chi connectivity index (χ3n) is 3.33. The van der Waals surface area contributed by atoms with E-state index in [1.807, 2.05) is 0 Å². The molecule has 0 spiro atoms. The molecule has 0 unspecified atom stereocenters. The molecule has 0 radical (unpaired) electrons. The topological polar surface area (TPSA) is 63.2 Å². The van der Waals surface area contributed by atoms with Crippen molar-refractivity contribution in [3.05, 3.63) is 24.3 Å². The summed E-state index contributed by atoms with van der Waals surface area (Å²) in [5.74, 6) is -0.603. The van der Waals surface area contributed by atoms with Gasteiger partial charge in [0.2, 0.25) is 5.91 Å². The summed E-state index contributed by atoms with van der Waals surface area (Å²) in [6, 6.07) is 6.49. The van der Waals surface area contributed by atoms with Crippen molar-refractivity contribution < 1.29 is 13.2 Å². The maximum atomic E-state index is 12.5. The molecule has 1 aromatic carbocycles. The van der Waals surface area contributed by atoms with Gasteiger partial charge >= 0.3 is 0 Å². The molecule has 0 bridgehead atoms. The number of benzene rings is 1. The molecule has 6 heteroatoms. The fourth-order valence-corrected chi connectivity index (χ4v) is 4.45. The van der Waals surface area contributed by atoms with Crippen molar-refractivity contribution in [1.82, 2.24) is 0 Å². The van der Waals surface area contributed by atoms with Gasteiger partial charge in [-0.05, 0) is 25.0 Å². The van der Waals surface area contributed by atoms with Gasteiger partial charge in [0.15, 0.2) is 9.84 Å². The van der Waals surface area contributed by atoms with Crippen LogP contribution in [-0.2, 0) is 14.6 Å². The van der Waals surface area contributed by atoms with Crippen LogP contribution >= 0.6 is 11.6 Å². The normalized spacial score (nSPS) is 16.5. The minimum atomic E-state index is -3.38. The lowest BCUT2D eigenvalue weighted by Gasteiger charge is -2.15. The molecule has 1 amide bonds. The fourth-order valence-electron chi connectivity index (χ4n) is 2.38. The minimum absolute atomic E-state index is 0.195. The molecule has 0 atom stereocenters. The minimum Gasteiger partial charge on any atom is -0.324 e. The standard InChI is InChI=1S/C13H16ClNO3S/c14-9-13(16)15-11-7-3-4-8-12(11)19(17,18)10-5-1-2-6-10/h3-4,7-8,10H,1-2,5-6,9H2,(H,15,16). The second kappa shape index (κ2) is 5.92. The Balaban J connectivity index is 2.36. The van der Waals surface area contributed by atoms with E-state index in [2.05, 4.69) is 5.32 Å². The lowest BCUT2D eigenvalue weighted by Crippen LogP contribution is -2.21. The highest BCUT2D eigenvalue weighted by Gasteiger charge is 2.32. The Kier molecular flexibility index (Phi) is 4.47. The second-order valence-corrected chi connectivity index (χ2v) is 7.09. The number of nitrogens with one attached hydrogen (secondary N) is 1. The van der Waals surface area contributed by atoms with E-state index < -0.39 is 15.7 Å². The van der Waals surface area contributed by atoms with Gasteiger partial charge in [-0.3, -0.25) is 4.79 Å². The largest absolute Gasteiger partial charge is 0.324 e. The summed E-state index contributed by atoms with van der Waals surface area (Å²) in [6.07, 6.45) is 3.28. The molecule has 1 fully saturated rings. The Hall–Kier alpha value is -1.07. The van der Waals surface area contributed by atoms with Gasteiger partial charge in [0, 0.05) is 0 Å². The van der Waals surface area contributed by atoms with Gasteiger partial charge in [-0.15, -0.1) is 11.6 Å². The number of hydrogen-bond acceptors (Lipinski definition) is 3. The van der Waals surface area contributed by atoms with Gasteiger partial charge in [-0.2, -0.15) is 0 Å². The monoisotopic (exact) mass is 301 g/mol. The van der Waals surface area contributed by atoms with Crippen molar-refractivity contribution in [3.8, 4) is 0 Å². The van der Waals surface area contributed by atoms with Crippen LogP contribution in [0, 0.1) is 0 Å². The number of halogens is 1. The number of alkyl halides is 1. The van der Waals surface area contributed by atoms with E-state index >= 15 is 0 Å². The average molecular weight is 302 g/mol. The van der Waals surface area contributed by atoms with Crippen molar-refractivity contribution in [2.24, 2.45) is 0 Å². The molecule has 0 aliphatic heterocycles. The number of carbonyl (C=O) groups is 1. The smallest absolute Gasteiger partial charge is 0.239 e. The summed E-state index contributed by atoms with van der Waals surface area (Å²) in [7, 11) is -3.38. The zero-order chi connectivity index (χ0) is 13.9. The van der Waals surface area contributed by atoms with E-state index in [9.17, 15) is 13.2 Å². The molecule has 1 N–H and O–H groups in total. The van der Waals surface area contributed by atoms with E-state index in [0.29, 0.717) is 18.5 Å². The summed E-state index contributed by atoms with van der Waals surface area (Å²) >= 11 is 5.43. The molecule has 0 saturated heterocycles. The first-order chi connectivity index (χ1) is 9.05. The summed E-state index contributed by atoms with van der Waals surface area (Å²) < 4.78 is 25.1. The Morgan fingerprint density at radius 2 is 1.89 bits per heavy atom. The molecule has 104 valence electrons. The Labute approximate surface area is 118 Å². The number of sulfone groups is 1. The summed E-state index contributed by atoms with van der Waals surface area (Å²) in [4.78, 5) is 11.5. The molecule has 1 aliphatic rings. The van der Waals surface area contributed by atoms with E-state index in [0.717, 1.165) is 12.8 Å². The highest BCUT2D eigenvalue weighted by molar-refractivity contribution is 7.92. The van der Waals surface area contributed by atoms with Crippen LogP contribution in [-0.4, -0.2) is 25.5 Å². The first-order valence-corrected chi connectivity index (χ1v) is 8.32. The Morgan fingerprint density at radius 1 is 1.26 bits per heavy atom. The summed E-state index contributed by atoms with van der Waals surface area (Å²) in [5, 5.41) is 2.21. The fraction of sp³-hybridized carbons (Fsp3) is 0.462. The van der Waals surface area contributed by atoms with Gasteiger partial charge in [-0.1, -0.05) is 25.0 Å². The molecule has 4 nitrogen and oxygen atoms in total. The summed E-state index contributed by atoms with van der Waals surface area (Å²) in [5.41, 5.74) is 0.319. The maximum Gasteiger partial charge on any atom is 0.239 e. The molecule has 1 saturated carbocycles. The molecular formula is C13H16ClNO3S. The van der Waals surface area contributed by atoms with Crippen molar-refractivity contribution in [2.75, 3.05) is 11.2 Å². The van der Waals surface area contributed by atoms with Crippen LogP contribution in [0.5, 0.6) is 0 Å². The average Bonchev–Trinajstić information content (AvgIpc) is 2.93. The first-order valence-electron chi connectivity index (χ1n) is 6.24. The van der Waals surface area contributed by atoms with Crippen molar-refractivity contribution in [2.45, 2.75) is 35.8 Å². The van der Waals surface area contributed by atoms with E-state index in [1.165, 1.54) is 6.07 Å². The third-order valence-corrected chi connectivity index (χ3v) is 5.89. The van der Waals surface area contributed by atoms with Crippen LogP contribution in [0.1, 0.15) is 25.7 Å². The molecule has 2 rings (SSSR count). The number of para-hydroxylation sites is 1. The van der Waals surface area contributed by atoms with Crippen molar-refractivity contribution >= 4 is 33.0 Å². The Morgan fingerprint density at radius 3 is 2.53 bits per heavy atom. The highest BCUT2D eigenvalue weighted by Crippen LogP contribution is 2.32. The number of anilines is 1. The third kappa shape index (κ3) is 3.09. The van der Waals surface area contributed by atoms with Crippen LogP contribution in [0.25, 0.3) is 0 Å². The zero-order valence-electron chi connectivity index (χ0n) is 10.4. The maximum absolute atomic E-state index is 12.5. The number of rotatable bonds is 4. The lowest BCUT2D eigenvalue weighted by atomic mass is 10.3. The molecule has 0 heterocycles. The van der Waals surface area contributed by atoms with Crippen molar-refractivity contribution in [3.63, 3.8) is 0 Å². The quantitative estimate of drug-likeness (QED) is 0.869. The van der Waals surface area contributed by atoms with Gasteiger partial charge < -0.3 is 5.32 Å². The second-order valence-electron chi connectivity index (χ2n) is 4.63. The number of carbonyl (C=O) groups excluding carboxylic acids is 1. The summed E-state index contributed by atoms with van der Waals surface area (Å²) in [6.45, 7) is 0. The lowest BCUT2D eigenvalue weighted by molar-refractivity contribution is -0.113. The van der Waals surface area contributed by atoms with Crippen molar-refractivity contribution in [1.29, 1.82) is 0 Å². The molecule has 1 aliphatic carbocycles. The van der Waals surface area contributed by atoms with E-state index in [1.54, 1.807) is 18.2 Å². The molecule has 19 heavy (non-hydrogen) atoms. The van der Waals surface area contributed by atoms with Gasteiger partial charge in [0.25, 0.3) is 0 Å². The predicted molar refractivity (Wildman–Crippen MR) is 75.2 cm³/mol. The van der Waals surface area contributed by atoms with Gasteiger partial charge in [0.1, 0.15) is 5.88 Å². The number of hydrogen-bond donors (Lipinski definition) is 1. The zero-order valence-corrected chi connectivity index (χ0v) is 12.0. The van der Waals surface area contributed by atoms with Crippen LogP contribution in [0.2, 0.25) is 0 Å². The van der Waals surface area contributed by atoms with Crippen LogP contribution in [0.3, 0.4) is 0 Å². The number of amides is 1. The van der Waals surface area contributed by atoms with Crippen LogP contribution in [0.4, 0.5) is 5.69 Å². The molecule has 1 aromatic rings. The molecular weight excluding hydrogens is 286 g/mol. The van der Waals surface area contributed by atoms with Gasteiger partial charge in [-0.25, -0.2) is 8.42 Å². The van der Waals surface area contributed by atoms with Crippen LogP contribution < -0.4 is 5.32 Å². The molecule has 0 aromatic heterocycles. The highest BCUT2D eigenvalue weighted by atomic mass is 35.5. The predicted octanol–water partition coefficient (Wildman–Crippen LogP) is 2.58. The first kappa shape index (κ1) is 14.3. The van der Waals surface area contributed by atoms with E-state index in [-0.39, 0.29) is 16.0 Å².